The molecule has 0 saturated heterocycles. The molecule has 0 unspecified atom stereocenters. The minimum atomic E-state index is 0.0679. The van der Waals surface area contributed by atoms with Crippen molar-refractivity contribution in [1.29, 1.82) is 0 Å². The first kappa shape index (κ1) is 47.6. The predicted molar refractivity (Wildman–Crippen MR) is 304 cm³/mol. The highest BCUT2D eigenvalue weighted by molar-refractivity contribution is 5.89. The van der Waals surface area contributed by atoms with E-state index in [2.05, 4.69) is 282 Å². The van der Waals surface area contributed by atoms with Gasteiger partial charge in [-0.2, -0.15) is 4.57 Å². The Kier molecular flexibility index (Phi) is 12.0. The Morgan fingerprint density at radius 2 is 0.535 bits per heavy atom. The third kappa shape index (κ3) is 9.98. The van der Waals surface area contributed by atoms with Crippen molar-refractivity contribution in [3.8, 4) is 89.1 Å². The van der Waals surface area contributed by atoms with Gasteiger partial charge in [-0.25, -0.2) is 0 Å². The minimum Gasteiger partial charge on any atom is -0.194 e. The normalized spacial score (nSPS) is 12.7. The molecule has 1 nitrogen and oxygen atoms in total. The van der Waals surface area contributed by atoms with Crippen molar-refractivity contribution in [2.75, 3.05) is 0 Å². The lowest BCUT2D eigenvalue weighted by molar-refractivity contribution is -0.672. The van der Waals surface area contributed by atoms with Gasteiger partial charge in [0.25, 0.3) is 0 Å². The zero-order valence-corrected chi connectivity index (χ0v) is 44.1. The molecule has 1 aromatic heterocycles. The molecule has 8 aromatic carbocycles. The summed E-state index contributed by atoms with van der Waals surface area (Å²) in [6.07, 6.45) is 2.20. The summed E-state index contributed by atoms with van der Waals surface area (Å²) >= 11 is 0. The largest absolute Gasteiger partial charge is 0.213 e. The van der Waals surface area contributed by atoms with E-state index in [9.17, 15) is 0 Å². The lowest BCUT2D eigenvalue weighted by Gasteiger charge is -2.20. The Balaban J connectivity index is 1.20. The van der Waals surface area contributed by atoms with Crippen molar-refractivity contribution in [2.45, 2.75) is 111 Å². The highest BCUT2D eigenvalue weighted by Gasteiger charge is 2.26. The van der Waals surface area contributed by atoms with Crippen LogP contribution in [0, 0.1) is 0 Å². The fourth-order valence-corrected chi connectivity index (χ4v) is 10.2. The average Bonchev–Trinajstić information content (AvgIpc) is 3.73. The predicted octanol–water partition coefficient (Wildman–Crippen LogP) is 18.9. The number of fused-ring (bicyclic) bond motifs is 3. The van der Waals surface area contributed by atoms with Crippen LogP contribution in [0.15, 0.2) is 194 Å². The Labute approximate surface area is 425 Å². The van der Waals surface area contributed by atoms with Crippen LogP contribution in [0.25, 0.3) is 89.1 Å². The van der Waals surface area contributed by atoms with Gasteiger partial charge in [-0.15, -0.1) is 0 Å². The van der Waals surface area contributed by atoms with Gasteiger partial charge in [0.1, 0.15) is 0 Å². The third-order valence-corrected chi connectivity index (χ3v) is 14.8. The van der Waals surface area contributed by atoms with Gasteiger partial charge in [-0.05, 0) is 189 Å². The lowest BCUT2D eigenvalue weighted by Crippen LogP contribution is -2.31. The first-order chi connectivity index (χ1) is 33.6. The quantitative estimate of drug-likeness (QED) is 0.140. The molecule has 0 radical (unpaired) electrons. The van der Waals surface area contributed by atoms with Crippen LogP contribution in [0.1, 0.15) is 111 Å². The molecule has 354 valence electrons. The molecule has 0 atom stereocenters. The Morgan fingerprint density at radius 3 is 0.831 bits per heavy atom. The number of hydrogen-bond acceptors (Lipinski definition) is 0. The van der Waals surface area contributed by atoms with Gasteiger partial charge < -0.3 is 0 Å². The molecule has 1 heteroatoms. The molecule has 1 aliphatic heterocycles. The molecule has 0 N–H and O–H groups in total. The van der Waals surface area contributed by atoms with Crippen LogP contribution < -0.4 is 4.57 Å². The number of hydrogen-bond donors (Lipinski definition) is 0. The monoisotopic (exact) mass is 925 g/mol. The molecule has 0 bridgehead atoms. The van der Waals surface area contributed by atoms with Crippen LogP contribution in [-0.2, 0) is 28.2 Å². The van der Waals surface area contributed by atoms with E-state index >= 15 is 0 Å². The van der Waals surface area contributed by atoms with Crippen molar-refractivity contribution in [3.63, 3.8) is 0 Å². The Hall–Kier alpha value is -7.09. The molecule has 0 fully saturated rings. The molecule has 0 spiro atoms. The van der Waals surface area contributed by atoms with E-state index in [1.165, 1.54) is 117 Å². The first-order valence-corrected chi connectivity index (χ1v) is 25.7. The molecule has 71 heavy (non-hydrogen) atoms. The second-order valence-corrected chi connectivity index (χ2v) is 24.3. The van der Waals surface area contributed by atoms with Crippen molar-refractivity contribution < 1.29 is 4.57 Å². The van der Waals surface area contributed by atoms with Crippen LogP contribution in [0.3, 0.4) is 0 Å². The van der Waals surface area contributed by atoms with Crippen LogP contribution >= 0.6 is 0 Å². The van der Waals surface area contributed by atoms with Gasteiger partial charge in [0.2, 0.25) is 5.69 Å². The van der Waals surface area contributed by atoms with E-state index in [0.29, 0.717) is 0 Å². The molecule has 1 aliphatic rings. The van der Waals surface area contributed by atoms with Gasteiger partial charge in [0.05, 0.1) is 5.56 Å². The maximum atomic E-state index is 2.44. The molecule has 0 saturated carbocycles. The standard InChI is InChI=1S/C70H70N/c1-67(2,3)61-26-18-46(19-27-61)52-35-53(47-20-28-62(29-21-47)68(4,5)6)38-57(37-52)59-41-56(50-16-17-51-45-71-34-14-13-15-66(71)65(51)44-50)42-60(43-59)58-39-54(48-22-30-63(31-23-48)69(7,8)9)36-55(40-58)49-24-32-64(33-25-49)70(10,11)12/h13-44H,45H2,1-12H3/q+1. The van der Waals surface area contributed by atoms with E-state index in [4.69, 9.17) is 0 Å². The summed E-state index contributed by atoms with van der Waals surface area (Å²) in [6.45, 7) is 28.3. The van der Waals surface area contributed by atoms with Crippen molar-refractivity contribution >= 4 is 0 Å². The molecular formula is C70H70N+. The van der Waals surface area contributed by atoms with Crippen molar-refractivity contribution in [2.24, 2.45) is 0 Å². The van der Waals surface area contributed by atoms with Gasteiger partial charge >= 0.3 is 0 Å². The first-order valence-electron chi connectivity index (χ1n) is 25.7. The van der Waals surface area contributed by atoms with Gasteiger partial charge in [0, 0.05) is 17.7 Å². The highest BCUT2D eigenvalue weighted by atomic mass is 15.0. The lowest BCUT2D eigenvalue weighted by atomic mass is 9.84. The number of pyridine rings is 1. The summed E-state index contributed by atoms with van der Waals surface area (Å²) in [5.41, 5.74) is 26.4. The second-order valence-electron chi connectivity index (χ2n) is 24.3. The van der Waals surface area contributed by atoms with Crippen LogP contribution in [0.5, 0.6) is 0 Å². The SMILES string of the molecule is CC(C)(C)c1ccc(-c2cc(-c3ccc(C(C)(C)C)cc3)cc(-c3cc(-c4cc(-c5ccc(C(C)(C)C)cc5)cc(-c5ccc(C(C)(C)C)cc5)c4)cc(-c4ccc5c(c4)-c4cccc[n+]4C5)c3)c2)cc1. The van der Waals surface area contributed by atoms with Crippen LogP contribution in [0.4, 0.5) is 0 Å². The zero-order chi connectivity index (χ0) is 50.0. The maximum Gasteiger partial charge on any atom is 0.213 e. The maximum absolute atomic E-state index is 2.44. The van der Waals surface area contributed by atoms with E-state index < -0.39 is 0 Å². The third-order valence-electron chi connectivity index (χ3n) is 14.8. The summed E-state index contributed by atoms with van der Waals surface area (Å²) < 4.78 is 2.36. The minimum absolute atomic E-state index is 0.0679. The van der Waals surface area contributed by atoms with Gasteiger partial charge in [-0.1, -0.05) is 192 Å². The van der Waals surface area contributed by atoms with Gasteiger partial charge in [-0.3, -0.25) is 0 Å². The number of rotatable bonds is 7. The summed E-state index contributed by atoms with van der Waals surface area (Å²) in [5.74, 6) is 0. The molecule has 10 rings (SSSR count). The summed E-state index contributed by atoms with van der Waals surface area (Å²) in [7, 11) is 0. The second kappa shape index (κ2) is 17.9. The summed E-state index contributed by atoms with van der Waals surface area (Å²) in [6, 6.07) is 72.2. The fraction of sp³-hybridized carbons (Fsp3) is 0.243. The molecule has 0 amide bonds. The average molecular weight is 925 g/mol. The zero-order valence-electron chi connectivity index (χ0n) is 44.1. The van der Waals surface area contributed by atoms with Crippen LogP contribution in [-0.4, -0.2) is 0 Å². The summed E-state index contributed by atoms with van der Waals surface area (Å²) in [5, 5.41) is 0. The molecule has 2 heterocycles. The van der Waals surface area contributed by atoms with Crippen molar-refractivity contribution in [3.05, 3.63) is 222 Å². The van der Waals surface area contributed by atoms with Crippen molar-refractivity contribution in [1.82, 2.24) is 0 Å². The van der Waals surface area contributed by atoms with E-state index in [-0.39, 0.29) is 21.7 Å². The Bertz CT molecular complexity index is 3080. The number of benzene rings is 8. The fourth-order valence-electron chi connectivity index (χ4n) is 10.2. The highest BCUT2D eigenvalue weighted by Crippen LogP contribution is 2.42. The molecule has 0 aliphatic carbocycles. The van der Waals surface area contributed by atoms with E-state index in [0.717, 1.165) is 6.54 Å². The summed E-state index contributed by atoms with van der Waals surface area (Å²) in [4.78, 5) is 0. The Morgan fingerprint density at radius 1 is 0.268 bits per heavy atom. The van der Waals surface area contributed by atoms with E-state index in [1.807, 2.05) is 0 Å². The number of nitrogens with zero attached hydrogens (tertiary/aromatic N) is 1. The topological polar surface area (TPSA) is 3.88 Å². The van der Waals surface area contributed by atoms with Gasteiger partial charge in [0.15, 0.2) is 12.7 Å². The number of aromatic nitrogens is 1. The molecular weight excluding hydrogens is 855 g/mol. The smallest absolute Gasteiger partial charge is 0.194 e. The van der Waals surface area contributed by atoms with E-state index in [1.54, 1.807) is 0 Å². The molecule has 9 aromatic rings. The van der Waals surface area contributed by atoms with Crippen LogP contribution in [0.2, 0.25) is 0 Å².